The SMILES string of the molecule is Cc1cc(O)c(C(N)CO)cc1Cl. The highest BCUT2D eigenvalue weighted by Crippen LogP contribution is 2.28. The van der Waals surface area contributed by atoms with Gasteiger partial charge in [-0.1, -0.05) is 11.6 Å². The first-order chi connectivity index (χ1) is 6.06. The molecule has 3 nitrogen and oxygen atoms in total. The first-order valence-corrected chi connectivity index (χ1v) is 4.29. The number of aromatic hydroxyl groups is 1. The second kappa shape index (κ2) is 3.96. The number of aryl methyl sites for hydroxylation is 1. The largest absolute Gasteiger partial charge is 0.508 e. The van der Waals surface area contributed by atoms with Gasteiger partial charge in [-0.2, -0.15) is 0 Å². The minimum absolute atomic E-state index is 0.0726. The van der Waals surface area contributed by atoms with Gasteiger partial charge in [0.25, 0.3) is 0 Å². The molecule has 1 atom stereocenters. The predicted molar refractivity (Wildman–Crippen MR) is 51.9 cm³/mol. The molecule has 1 rings (SSSR count). The summed E-state index contributed by atoms with van der Waals surface area (Å²) in [4.78, 5) is 0. The molecule has 0 saturated carbocycles. The van der Waals surface area contributed by atoms with Gasteiger partial charge in [0.15, 0.2) is 0 Å². The molecule has 0 radical (unpaired) electrons. The Kier molecular flexibility index (Phi) is 3.14. The fourth-order valence-electron chi connectivity index (χ4n) is 1.08. The topological polar surface area (TPSA) is 66.5 Å². The van der Waals surface area contributed by atoms with E-state index in [1.807, 2.05) is 0 Å². The summed E-state index contributed by atoms with van der Waals surface area (Å²) in [6, 6.07) is 2.53. The van der Waals surface area contributed by atoms with Crippen LogP contribution < -0.4 is 5.73 Å². The maximum absolute atomic E-state index is 9.47. The second-order valence-corrected chi connectivity index (χ2v) is 3.36. The van der Waals surface area contributed by atoms with Crippen LogP contribution in [0.25, 0.3) is 0 Å². The van der Waals surface area contributed by atoms with Crippen LogP contribution in [0.2, 0.25) is 5.02 Å². The van der Waals surface area contributed by atoms with Crippen molar-refractivity contribution in [1.29, 1.82) is 0 Å². The third-order valence-corrected chi connectivity index (χ3v) is 2.31. The Hall–Kier alpha value is -0.770. The smallest absolute Gasteiger partial charge is 0.120 e. The molecule has 0 spiro atoms. The number of aliphatic hydroxyl groups is 1. The highest BCUT2D eigenvalue weighted by molar-refractivity contribution is 6.31. The Morgan fingerprint density at radius 1 is 1.54 bits per heavy atom. The molecule has 0 amide bonds. The van der Waals surface area contributed by atoms with E-state index in [2.05, 4.69) is 0 Å². The summed E-state index contributed by atoms with van der Waals surface area (Å²) in [6.07, 6.45) is 0. The third kappa shape index (κ3) is 2.12. The lowest BCUT2D eigenvalue weighted by molar-refractivity contribution is 0.265. The number of nitrogens with two attached hydrogens (primary N) is 1. The lowest BCUT2D eigenvalue weighted by Crippen LogP contribution is -2.14. The Morgan fingerprint density at radius 3 is 2.69 bits per heavy atom. The summed E-state index contributed by atoms with van der Waals surface area (Å²) in [5, 5.41) is 18.8. The Morgan fingerprint density at radius 2 is 2.15 bits per heavy atom. The Bertz CT molecular complexity index is 315. The van der Waals surface area contributed by atoms with Crippen molar-refractivity contribution in [1.82, 2.24) is 0 Å². The van der Waals surface area contributed by atoms with Crippen molar-refractivity contribution in [2.24, 2.45) is 5.73 Å². The summed E-state index contributed by atoms with van der Waals surface area (Å²) < 4.78 is 0. The molecule has 72 valence electrons. The number of halogens is 1. The van der Waals surface area contributed by atoms with Crippen molar-refractivity contribution >= 4 is 11.6 Å². The first kappa shape index (κ1) is 10.3. The molecule has 0 aliphatic carbocycles. The van der Waals surface area contributed by atoms with Gasteiger partial charge in [-0.15, -0.1) is 0 Å². The van der Waals surface area contributed by atoms with Crippen molar-refractivity contribution in [3.05, 3.63) is 28.3 Å². The van der Waals surface area contributed by atoms with Crippen molar-refractivity contribution in [2.75, 3.05) is 6.61 Å². The van der Waals surface area contributed by atoms with E-state index in [4.69, 9.17) is 22.4 Å². The Labute approximate surface area is 81.8 Å². The predicted octanol–water partition coefficient (Wildman–Crippen LogP) is 1.35. The number of hydrogen-bond acceptors (Lipinski definition) is 3. The van der Waals surface area contributed by atoms with Crippen LogP contribution in [0.5, 0.6) is 5.75 Å². The van der Waals surface area contributed by atoms with Gasteiger partial charge in [0.05, 0.1) is 12.6 Å². The van der Waals surface area contributed by atoms with Crippen molar-refractivity contribution in [2.45, 2.75) is 13.0 Å². The number of aliphatic hydroxyl groups excluding tert-OH is 1. The van der Waals surface area contributed by atoms with Crippen LogP contribution in [0.1, 0.15) is 17.2 Å². The summed E-state index contributed by atoms with van der Waals surface area (Å²) in [5.74, 6) is 0.0726. The number of phenolic OH excluding ortho intramolecular Hbond substituents is 1. The summed E-state index contributed by atoms with van der Waals surface area (Å²) in [7, 11) is 0. The Balaban J connectivity index is 3.15. The fourth-order valence-corrected chi connectivity index (χ4v) is 1.25. The molecule has 0 fully saturated rings. The molecule has 0 aliphatic rings. The van der Waals surface area contributed by atoms with Gasteiger partial charge in [-0.05, 0) is 24.6 Å². The van der Waals surface area contributed by atoms with Crippen LogP contribution in [-0.2, 0) is 0 Å². The van der Waals surface area contributed by atoms with E-state index >= 15 is 0 Å². The molecule has 4 heteroatoms. The lowest BCUT2D eigenvalue weighted by atomic mass is 10.1. The molecule has 0 aliphatic heterocycles. The van der Waals surface area contributed by atoms with Crippen LogP contribution in [0, 0.1) is 6.92 Å². The van der Waals surface area contributed by atoms with Gasteiger partial charge in [0.2, 0.25) is 0 Å². The number of hydrogen-bond donors (Lipinski definition) is 3. The molecule has 4 N–H and O–H groups in total. The normalized spacial score (nSPS) is 12.9. The van der Waals surface area contributed by atoms with Gasteiger partial charge in [-0.3, -0.25) is 0 Å². The van der Waals surface area contributed by atoms with Gasteiger partial charge < -0.3 is 15.9 Å². The summed E-state index contributed by atoms with van der Waals surface area (Å²) in [6.45, 7) is 1.57. The van der Waals surface area contributed by atoms with Crippen molar-refractivity contribution < 1.29 is 10.2 Å². The number of rotatable bonds is 2. The minimum Gasteiger partial charge on any atom is -0.508 e. The van der Waals surface area contributed by atoms with E-state index in [1.54, 1.807) is 13.0 Å². The van der Waals surface area contributed by atoms with Crippen LogP contribution in [0.15, 0.2) is 12.1 Å². The third-order valence-electron chi connectivity index (χ3n) is 1.90. The molecular formula is C9H12ClNO2. The highest BCUT2D eigenvalue weighted by Gasteiger charge is 2.11. The zero-order valence-corrected chi connectivity index (χ0v) is 8.04. The number of phenols is 1. The molecule has 0 aromatic heterocycles. The minimum atomic E-state index is -0.585. The van der Waals surface area contributed by atoms with E-state index in [9.17, 15) is 5.11 Å². The highest BCUT2D eigenvalue weighted by atomic mass is 35.5. The average Bonchev–Trinajstić information content (AvgIpc) is 2.10. The average molecular weight is 202 g/mol. The molecule has 1 aromatic rings. The van der Waals surface area contributed by atoms with E-state index in [1.165, 1.54) is 6.07 Å². The number of benzene rings is 1. The monoisotopic (exact) mass is 201 g/mol. The van der Waals surface area contributed by atoms with Crippen LogP contribution in [0.3, 0.4) is 0 Å². The summed E-state index contributed by atoms with van der Waals surface area (Å²) >= 11 is 5.84. The van der Waals surface area contributed by atoms with Crippen molar-refractivity contribution in [3.63, 3.8) is 0 Å². The maximum Gasteiger partial charge on any atom is 0.120 e. The zero-order chi connectivity index (χ0) is 10.0. The zero-order valence-electron chi connectivity index (χ0n) is 7.29. The van der Waals surface area contributed by atoms with Crippen LogP contribution in [0.4, 0.5) is 0 Å². The molecule has 1 unspecified atom stereocenters. The first-order valence-electron chi connectivity index (χ1n) is 3.91. The molecule has 0 bridgehead atoms. The quantitative estimate of drug-likeness (QED) is 0.677. The van der Waals surface area contributed by atoms with E-state index in [0.29, 0.717) is 10.6 Å². The van der Waals surface area contributed by atoms with E-state index in [-0.39, 0.29) is 12.4 Å². The van der Waals surface area contributed by atoms with Gasteiger partial charge in [0, 0.05) is 10.6 Å². The molecule has 0 saturated heterocycles. The lowest BCUT2D eigenvalue weighted by Gasteiger charge is -2.12. The molecule has 0 heterocycles. The second-order valence-electron chi connectivity index (χ2n) is 2.95. The van der Waals surface area contributed by atoms with Crippen LogP contribution in [-0.4, -0.2) is 16.8 Å². The van der Waals surface area contributed by atoms with Gasteiger partial charge in [-0.25, -0.2) is 0 Å². The molecular weight excluding hydrogens is 190 g/mol. The van der Waals surface area contributed by atoms with Crippen molar-refractivity contribution in [3.8, 4) is 5.75 Å². The molecule has 1 aromatic carbocycles. The van der Waals surface area contributed by atoms with Crippen LogP contribution >= 0.6 is 11.6 Å². The molecule has 13 heavy (non-hydrogen) atoms. The maximum atomic E-state index is 9.47. The summed E-state index contributed by atoms with van der Waals surface area (Å²) in [5.41, 5.74) is 6.80. The van der Waals surface area contributed by atoms with E-state index in [0.717, 1.165) is 5.56 Å². The van der Waals surface area contributed by atoms with E-state index < -0.39 is 6.04 Å². The fraction of sp³-hybridized carbons (Fsp3) is 0.333. The van der Waals surface area contributed by atoms with Gasteiger partial charge >= 0.3 is 0 Å². The standard InChI is InChI=1S/C9H12ClNO2/c1-5-2-9(13)6(3-7(5)10)8(11)4-12/h2-3,8,12-13H,4,11H2,1H3. The van der Waals surface area contributed by atoms with Gasteiger partial charge in [0.1, 0.15) is 5.75 Å².